The highest BCUT2D eigenvalue weighted by atomic mass is 17.2. The Hall–Kier alpha value is -2.74. The predicted molar refractivity (Wildman–Crippen MR) is 107 cm³/mol. The molecule has 1 N–H and O–H groups in total. The fourth-order valence-corrected chi connectivity index (χ4v) is 4.47. The van der Waals surface area contributed by atoms with Gasteiger partial charge in [-0.3, -0.25) is 9.59 Å². The monoisotopic (exact) mass is 411 g/mol. The Labute approximate surface area is 175 Å². The number of ether oxygens (including phenoxy) is 1. The van der Waals surface area contributed by atoms with E-state index in [1.165, 1.54) is 4.90 Å². The van der Waals surface area contributed by atoms with Gasteiger partial charge in [-0.1, -0.05) is 60.7 Å². The van der Waals surface area contributed by atoms with Gasteiger partial charge in [-0.15, -0.1) is 0 Å². The fourth-order valence-electron chi connectivity index (χ4n) is 4.47. The SMILES string of the molecule is CCOC(=O)C12CC(c3ccccc3)(c3ccccc3)OOC1(O)CN(CC)C2=O. The molecule has 2 aromatic rings. The number of esters is 1. The number of carbonyl (C=O) groups is 2. The summed E-state index contributed by atoms with van der Waals surface area (Å²) in [5.41, 5.74) is -1.85. The summed E-state index contributed by atoms with van der Waals surface area (Å²) in [7, 11) is 0. The van der Waals surface area contributed by atoms with Crippen LogP contribution in [0.2, 0.25) is 0 Å². The Morgan fingerprint density at radius 2 is 1.60 bits per heavy atom. The van der Waals surface area contributed by atoms with E-state index in [1.54, 1.807) is 13.8 Å². The molecule has 0 aromatic heterocycles. The summed E-state index contributed by atoms with van der Waals surface area (Å²) in [4.78, 5) is 39.6. The van der Waals surface area contributed by atoms with Gasteiger partial charge in [0.05, 0.1) is 13.2 Å². The first-order valence-corrected chi connectivity index (χ1v) is 10.1. The molecule has 0 aliphatic carbocycles. The molecule has 2 aliphatic heterocycles. The van der Waals surface area contributed by atoms with Gasteiger partial charge in [0.25, 0.3) is 0 Å². The van der Waals surface area contributed by atoms with Crippen molar-refractivity contribution in [1.29, 1.82) is 0 Å². The molecule has 0 radical (unpaired) electrons. The third-order valence-corrected chi connectivity index (χ3v) is 6.05. The number of likely N-dealkylation sites (tertiary alicyclic amines) is 1. The maximum Gasteiger partial charge on any atom is 0.327 e. The van der Waals surface area contributed by atoms with Crippen molar-refractivity contribution in [3.8, 4) is 0 Å². The summed E-state index contributed by atoms with van der Waals surface area (Å²) in [6, 6.07) is 18.5. The summed E-state index contributed by atoms with van der Waals surface area (Å²) in [5.74, 6) is -3.49. The van der Waals surface area contributed by atoms with E-state index in [0.717, 1.165) is 0 Å². The van der Waals surface area contributed by atoms with Crippen molar-refractivity contribution < 1.29 is 29.2 Å². The number of likely N-dealkylation sites (N-methyl/N-ethyl adjacent to an activating group) is 1. The molecule has 7 nitrogen and oxygen atoms in total. The maximum absolute atomic E-state index is 13.5. The molecule has 2 fully saturated rings. The molecule has 2 aromatic carbocycles. The first kappa shape index (κ1) is 20.5. The first-order chi connectivity index (χ1) is 14.4. The zero-order valence-electron chi connectivity index (χ0n) is 17.0. The molecule has 4 rings (SSSR count). The lowest BCUT2D eigenvalue weighted by Crippen LogP contribution is -2.64. The highest BCUT2D eigenvalue weighted by molar-refractivity contribution is 6.06. The van der Waals surface area contributed by atoms with Gasteiger partial charge in [0, 0.05) is 13.0 Å². The van der Waals surface area contributed by atoms with Gasteiger partial charge in [-0.05, 0) is 25.0 Å². The number of amides is 1. The summed E-state index contributed by atoms with van der Waals surface area (Å²) < 4.78 is 5.30. The van der Waals surface area contributed by atoms with Crippen LogP contribution in [-0.2, 0) is 29.7 Å². The summed E-state index contributed by atoms with van der Waals surface area (Å²) in [6.07, 6.45) is -0.154. The number of fused-ring (bicyclic) bond motifs is 1. The minimum Gasteiger partial charge on any atom is -0.465 e. The molecule has 30 heavy (non-hydrogen) atoms. The predicted octanol–water partition coefficient (Wildman–Crippen LogP) is 2.38. The molecule has 7 heteroatoms. The second-order valence-electron chi connectivity index (χ2n) is 7.63. The summed E-state index contributed by atoms with van der Waals surface area (Å²) in [5, 5.41) is 11.3. The Bertz CT molecular complexity index is 894. The Morgan fingerprint density at radius 1 is 1.03 bits per heavy atom. The van der Waals surface area contributed by atoms with Crippen molar-refractivity contribution in [3.63, 3.8) is 0 Å². The second-order valence-corrected chi connectivity index (χ2v) is 7.63. The molecule has 0 bridgehead atoms. The molecule has 2 unspecified atom stereocenters. The lowest BCUT2D eigenvalue weighted by atomic mass is 9.67. The van der Waals surface area contributed by atoms with Crippen LogP contribution in [0.3, 0.4) is 0 Å². The van der Waals surface area contributed by atoms with E-state index in [-0.39, 0.29) is 19.6 Å². The van der Waals surface area contributed by atoms with E-state index >= 15 is 0 Å². The summed E-state index contributed by atoms with van der Waals surface area (Å²) in [6.45, 7) is 3.64. The van der Waals surface area contributed by atoms with Crippen LogP contribution < -0.4 is 0 Å². The van der Waals surface area contributed by atoms with Gasteiger partial charge in [-0.25, -0.2) is 4.89 Å². The summed E-state index contributed by atoms with van der Waals surface area (Å²) >= 11 is 0. The molecule has 158 valence electrons. The molecule has 1 amide bonds. The standard InChI is InChI=1S/C23H25NO6/c1-3-24-16-23(27)21(19(24)25,20(26)28-4-2)15-22(29-30-23,17-11-7-5-8-12-17)18-13-9-6-10-14-18/h5-14,27H,3-4,15-16H2,1-2H3. The zero-order valence-corrected chi connectivity index (χ0v) is 17.0. The van der Waals surface area contributed by atoms with Crippen molar-refractivity contribution in [2.24, 2.45) is 5.41 Å². The van der Waals surface area contributed by atoms with Crippen molar-refractivity contribution in [3.05, 3.63) is 71.8 Å². The van der Waals surface area contributed by atoms with Crippen molar-refractivity contribution >= 4 is 11.9 Å². The van der Waals surface area contributed by atoms with Gasteiger partial charge in [0.1, 0.15) is 0 Å². The van der Waals surface area contributed by atoms with Gasteiger partial charge in [0.15, 0.2) is 5.60 Å². The number of hydrogen-bond acceptors (Lipinski definition) is 6. The van der Waals surface area contributed by atoms with E-state index in [4.69, 9.17) is 14.5 Å². The van der Waals surface area contributed by atoms with Gasteiger partial charge in [0.2, 0.25) is 17.1 Å². The van der Waals surface area contributed by atoms with Crippen molar-refractivity contribution in [2.45, 2.75) is 31.7 Å². The van der Waals surface area contributed by atoms with Gasteiger partial charge < -0.3 is 14.7 Å². The Morgan fingerprint density at radius 3 is 2.10 bits per heavy atom. The zero-order chi connectivity index (χ0) is 21.4. The molecule has 0 spiro atoms. The highest BCUT2D eigenvalue weighted by Gasteiger charge is 2.76. The average molecular weight is 411 g/mol. The quantitative estimate of drug-likeness (QED) is 0.462. The molecule has 2 aliphatic rings. The maximum atomic E-state index is 13.5. The lowest BCUT2D eigenvalue weighted by molar-refractivity contribution is -0.497. The van der Waals surface area contributed by atoms with E-state index in [0.29, 0.717) is 17.7 Å². The molecular formula is C23H25NO6. The minimum absolute atomic E-state index is 0.0700. The van der Waals surface area contributed by atoms with Crippen molar-refractivity contribution in [2.75, 3.05) is 19.7 Å². The molecule has 0 saturated carbocycles. The Kier molecular flexibility index (Phi) is 5.13. The van der Waals surface area contributed by atoms with Crippen LogP contribution in [-0.4, -0.2) is 47.4 Å². The first-order valence-electron chi connectivity index (χ1n) is 10.1. The number of rotatable bonds is 5. The number of nitrogens with zero attached hydrogens (tertiary/aromatic N) is 1. The van der Waals surface area contributed by atoms with Crippen LogP contribution in [0.15, 0.2) is 60.7 Å². The number of carbonyl (C=O) groups excluding carboxylic acids is 2. The van der Waals surface area contributed by atoms with Crippen LogP contribution in [0.4, 0.5) is 0 Å². The van der Waals surface area contributed by atoms with Crippen LogP contribution in [0.5, 0.6) is 0 Å². The average Bonchev–Trinajstić information content (AvgIpc) is 3.02. The fraction of sp³-hybridized carbons (Fsp3) is 0.391. The van der Waals surface area contributed by atoms with E-state index < -0.39 is 28.7 Å². The Balaban J connectivity index is 1.94. The minimum atomic E-state index is -2.15. The van der Waals surface area contributed by atoms with Crippen LogP contribution in [0.1, 0.15) is 31.4 Å². The number of hydrogen-bond donors (Lipinski definition) is 1. The van der Waals surface area contributed by atoms with E-state index in [9.17, 15) is 14.7 Å². The van der Waals surface area contributed by atoms with E-state index in [2.05, 4.69) is 0 Å². The lowest BCUT2D eigenvalue weighted by Gasteiger charge is -2.48. The van der Waals surface area contributed by atoms with Gasteiger partial charge in [-0.2, -0.15) is 4.89 Å². The molecule has 2 atom stereocenters. The number of benzene rings is 2. The normalized spacial score (nSPS) is 27.6. The third-order valence-electron chi connectivity index (χ3n) is 6.05. The van der Waals surface area contributed by atoms with Crippen LogP contribution in [0.25, 0.3) is 0 Å². The number of aliphatic hydroxyl groups is 1. The van der Waals surface area contributed by atoms with E-state index in [1.807, 2.05) is 60.7 Å². The van der Waals surface area contributed by atoms with Crippen LogP contribution >= 0.6 is 0 Å². The number of β-amino-alcohol motifs (C(OH)–C–C–N with tert-alkyl or cyclic N) is 1. The topological polar surface area (TPSA) is 85.3 Å². The molecule has 2 saturated heterocycles. The van der Waals surface area contributed by atoms with Gasteiger partial charge >= 0.3 is 5.97 Å². The molecule has 2 heterocycles. The van der Waals surface area contributed by atoms with Crippen molar-refractivity contribution in [1.82, 2.24) is 4.90 Å². The molecular weight excluding hydrogens is 386 g/mol. The van der Waals surface area contributed by atoms with Crippen LogP contribution in [0, 0.1) is 5.41 Å². The third kappa shape index (κ3) is 2.77. The second kappa shape index (κ2) is 7.50. The highest BCUT2D eigenvalue weighted by Crippen LogP contribution is 2.57. The smallest absolute Gasteiger partial charge is 0.327 e. The largest absolute Gasteiger partial charge is 0.465 e.